The number of aliphatic hydroxyl groups excluding tert-OH is 1. The van der Waals surface area contributed by atoms with Crippen molar-refractivity contribution in [2.75, 3.05) is 91.4 Å². The minimum atomic E-state index is -0.557. The third-order valence-corrected chi connectivity index (χ3v) is 12.8. The number of hydrogen-bond acceptors (Lipinski definition) is 14. The molecule has 0 atom stereocenters. The quantitative estimate of drug-likeness (QED) is 0.0345. The number of benzene rings is 2. The Morgan fingerprint density at radius 1 is 0.795 bits per heavy atom. The Bertz CT molecular complexity index is 2840. The second-order valence-electron chi connectivity index (χ2n) is 16.9. The van der Waals surface area contributed by atoms with Crippen molar-refractivity contribution in [3.63, 3.8) is 0 Å². The summed E-state index contributed by atoms with van der Waals surface area (Å²) < 4.78 is 23.8. The van der Waals surface area contributed by atoms with E-state index in [0.29, 0.717) is 106 Å². The van der Waals surface area contributed by atoms with Crippen molar-refractivity contribution in [3.05, 3.63) is 99.7 Å². The third-order valence-electron chi connectivity index (χ3n) is 12.0. The summed E-state index contributed by atoms with van der Waals surface area (Å²) >= 11 is 13.1. The molecule has 0 aliphatic carbocycles. The molecule has 8 N–H and O–H groups in total. The molecule has 4 aromatic heterocycles. The zero-order valence-electron chi connectivity index (χ0n) is 40.5. The molecule has 0 saturated carbocycles. The lowest BCUT2D eigenvalue weighted by Gasteiger charge is -2.26. The smallest absolute Gasteiger partial charge is 0.269 e. The number of carbonyl (C=O) groups excluding carboxylic acids is 4. The van der Waals surface area contributed by atoms with Gasteiger partial charge in [0.25, 0.3) is 5.91 Å². The second-order valence-corrected chi connectivity index (χ2v) is 17.7. The molecule has 5 heterocycles. The Balaban J connectivity index is 0.674. The normalized spacial score (nSPS) is 12.2. The van der Waals surface area contributed by atoms with E-state index in [1.165, 1.54) is 0 Å². The number of pyridine rings is 2. The van der Waals surface area contributed by atoms with Gasteiger partial charge in [0, 0.05) is 109 Å². The molecule has 0 fully saturated rings. The van der Waals surface area contributed by atoms with Crippen LogP contribution in [0.2, 0.25) is 10.0 Å². The molecule has 1 aliphatic heterocycles. The first-order chi connectivity index (χ1) is 35.4. The molecule has 388 valence electrons. The first kappa shape index (κ1) is 54.1. The lowest BCUT2D eigenvalue weighted by atomic mass is 9.92. The number of phenols is 1. The maximum Gasteiger partial charge on any atom is 0.269 e. The van der Waals surface area contributed by atoms with E-state index in [-0.39, 0.29) is 74.2 Å². The lowest BCUT2D eigenvalue weighted by molar-refractivity contribution is -0.135. The highest BCUT2D eigenvalue weighted by Gasteiger charge is 2.28. The number of aromatic amines is 1. The number of nitrogens with one attached hydrogen (secondary N) is 4. The zero-order valence-corrected chi connectivity index (χ0v) is 42.0. The van der Waals surface area contributed by atoms with Crippen molar-refractivity contribution in [2.45, 2.75) is 45.7 Å². The number of nitrogens with two attached hydrogens (primary N) is 1. The number of phenolic OH excluding ortho intramolecular Hbond substituents is 1. The minimum Gasteiger partial charge on any atom is -0.508 e. The maximum atomic E-state index is 12.7. The highest BCUT2D eigenvalue weighted by Crippen LogP contribution is 2.42. The summed E-state index contributed by atoms with van der Waals surface area (Å²) in [6.07, 6.45) is 6.74. The SMILES string of the molecule is CCc1c(-c2ccc(C(=O)NCCNC(=O)CCOCCOCCOCCOCCC(=O)NCCn3ccc(-c4cc(Cl)c(Cl)c5[nH]c6c(c45)CN(C(=O)CO)CC6)n3)nc2)cnc(N)c1-c1ccc(O)cc1. The molecule has 0 radical (unpaired) electrons. The van der Waals surface area contributed by atoms with Gasteiger partial charge < -0.3 is 60.7 Å². The van der Waals surface area contributed by atoms with Gasteiger partial charge in [-0.05, 0) is 47.9 Å². The summed E-state index contributed by atoms with van der Waals surface area (Å²) in [6, 6.07) is 13.9. The predicted molar refractivity (Wildman–Crippen MR) is 275 cm³/mol. The molecule has 0 saturated heterocycles. The topological polar surface area (TPSA) is 270 Å². The van der Waals surface area contributed by atoms with Gasteiger partial charge >= 0.3 is 0 Å². The monoisotopic (exact) mass is 1040 g/mol. The van der Waals surface area contributed by atoms with Gasteiger partial charge in [-0.1, -0.05) is 48.3 Å². The average molecular weight is 1040 g/mol. The van der Waals surface area contributed by atoms with Gasteiger partial charge in [0.15, 0.2) is 0 Å². The molecule has 7 rings (SSSR count). The molecular formula is C51H60Cl2N10O10. The average Bonchev–Trinajstić information content (AvgIpc) is 4.04. The molecule has 2 aromatic carbocycles. The highest BCUT2D eigenvalue weighted by molar-refractivity contribution is 6.45. The van der Waals surface area contributed by atoms with E-state index in [0.717, 1.165) is 50.0 Å². The number of fused-ring (bicyclic) bond motifs is 3. The van der Waals surface area contributed by atoms with Crippen molar-refractivity contribution < 1.29 is 48.3 Å². The summed E-state index contributed by atoms with van der Waals surface area (Å²) in [5.41, 5.74) is 14.7. The van der Waals surface area contributed by atoms with E-state index in [1.807, 2.05) is 19.2 Å². The standard InChI is InChI=1S/C51H60Cl2N10O10/c1-2-35-37(29-59-50(54)46(35)32-3-6-34(65)7-4-32)33-5-8-42(58-28-33)51(69)57-14-13-55-43(66)11-19-70-21-23-72-25-26-73-24-22-71-20-12-44(67)56-15-18-63-17-10-41(61-63)36-27-39(52)48(53)49-47(36)38-30-62(45(68)31-64)16-9-40(38)60-49/h3-8,10,17,27-29,60,64-65H,2,9,11-16,18-26,30-31H2,1H3,(H2,54,59)(H,55,66)(H,56,67)(H,57,69). The lowest BCUT2D eigenvalue weighted by Crippen LogP contribution is -2.37. The van der Waals surface area contributed by atoms with Crippen LogP contribution in [0.1, 0.15) is 47.1 Å². The van der Waals surface area contributed by atoms with Gasteiger partial charge in [-0.15, -0.1) is 0 Å². The van der Waals surface area contributed by atoms with E-state index in [4.69, 9.17) is 53.0 Å². The molecule has 0 spiro atoms. The van der Waals surface area contributed by atoms with Gasteiger partial charge in [-0.2, -0.15) is 5.10 Å². The fourth-order valence-corrected chi connectivity index (χ4v) is 8.75. The number of anilines is 1. The maximum absolute atomic E-state index is 12.7. The minimum absolute atomic E-state index is 0.154. The van der Waals surface area contributed by atoms with Crippen LogP contribution in [0.4, 0.5) is 5.82 Å². The van der Waals surface area contributed by atoms with Crippen LogP contribution in [0.5, 0.6) is 5.75 Å². The Hall–Kier alpha value is -6.65. The molecular weight excluding hydrogens is 984 g/mol. The van der Waals surface area contributed by atoms with E-state index in [9.17, 15) is 29.4 Å². The fraction of sp³-hybridized carbons (Fsp3) is 0.392. The van der Waals surface area contributed by atoms with Crippen molar-refractivity contribution in [1.82, 2.24) is 45.6 Å². The number of aliphatic hydroxyl groups is 1. The van der Waals surface area contributed by atoms with E-state index >= 15 is 0 Å². The van der Waals surface area contributed by atoms with Crippen LogP contribution in [0.15, 0.2) is 67.1 Å². The number of hydrogen-bond donors (Lipinski definition) is 7. The summed E-state index contributed by atoms with van der Waals surface area (Å²) in [7, 11) is 0. The molecule has 6 aromatic rings. The van der Waals surface area contributed by atoms with Crippen LogP contribution in [-0.2, 0) is 59.3 Å². The third kappa shape index (κ3) is 14.5. The first-order valence-corrected chi connectivity index (χ1v) is 24.8. The summed E-state index contributed by atoms with van der Waals surface area (Å²) in [5, 5.41) is 33.9. The van der Waals surface area contributed by atoms with Gasteiger partial charge in [0.05, 0.1) is 80.7 Å². The zero-order chi connectivity index (χ0) is 51.7. The number of halogens is 2. The fourth-order valence-electron chi connectivity index (χ4n) is 8.35. The van der Waals surface area contributed by atoms with E-state index in [2.05, 4.69) is 30.9 Å². The van der Waals surface area contributed by atoms with Gasteiger partial charge in [-0.3, -0.25) is 28.8 Å². The van der Waals surface area contributed by atoms with Crippen LogP contribution >= 0.6 is 23.2 Å². The number of carbonyl (C=O) groups is 4. The number of rotatable bonds is 27. The molecule has 0 bridgehead atoms. The Morgan fingerprint density at radius 3 is 2.08 bits per heavy atom. The Kier molecular flexibility index (Phi) is 19.9. The number of aromatic nitrogens is 5. The molecule has 22 heteroatoms. The van der Waals surface area contributed by atoms with Crippen LogP contribution in [-0.4, -0.2) is 149 Å². The second kappa shape index (κ2) is 26.9. The first-order valence-electron chi connectivity index (χ1n) is 24.0. The van der Waals surface area contributed by atoms with Gasteiger partial charge in [0.1, 0.15) is 23.9 Å². The van der Waals surface area contributed by atoms with Crippen molar-refractivity contribution in [1.29, 1.82) is 0 Å². The van der Waals surface area contributed by atoms with Crippen molar-refractivity contribution in [3.8, 4) is 39.3 Å². The van der Waals surface area contributed by atoms with Crippen LogP contribution in [0.25, 0.3) is 44.4 Å². The van der Waals surface area contributed by atoms with Gasteiger partial charge in [-0.25, -0.2) is 4.98 Å². The predicted octanol–water partition coefficient (Wildman–Crippen LogP) is 4.70. The number of ether oxygens (including phenoxy) is 4. The highest BCUT2D eigenvalue weighted by atomic mass is 35.5. The van der Waals surface area contributed by atoms with Crippen molar-refractivity contribution in [2.24, 2.45) is 0 Å². The summed E-state index contributed by atoms with van der Waals surface area (Å²) in [5.74, 6) is -0.534. The molecule has 4 amide bonds. The largest absolute Gasteiger partial charge is 0.508 e. The molecule has 0 unspecified atom stereocenters. The van der Waals surface area contributed by atoms with E-state index < -0.39 is 6.61 Å². The number of nitrogen functional groups attached to an aromatic ring is 1. The van der Waals surface area contributed by atoms with Crippen LogP contribution in [0, 0.1) is 0 Å². The molecule has 1 aliphatic rings. The summed E-state index contributed by atoms with van der Waals surface area (Å²) in [6.45, 7) is 6.01. The van der Waals surface area contributed by atoms with Crippen LogP contribution in [0.3, 0.4) is 0 Å². The number of H-pyrrole nitrogens is 1. The van der Waals surface area contributed by atoms with Crippen molar-refractivity contribution >= 4 is 63.6 Å². The number of aromatic hydroxyl groups is 1. The van der Waals surface area contributed by atoms with Crippen LogP contribution < -0.4 is 21.7 Å². The molecule has 20 nitrogen and oxygen atoms in total. The summed E-state index contributed by atoms with van der Waals surface area (Å²) in [4.78, 5) is 63.5. The van der Waals surface area contributed by atoms with E-state index in [1.54, 1.807) is 64.4 Å². The molecule has 73 heavy (non-hydrogen) atoms. The Morgan fingerprint density at radius 2 is 1.44 bits per heavy atom. The number of nitrogens with zero attached hydrogens (tertiary/aromatic N) is 5. The number of amides is 4. The Labute approximate surface area is 431 Å². The van der Waals surface area contributed by atoms with Gasteiger partial charge in [0.2, 0.25) is 17.7 Å².